The molecule has 0 aliphatic carbocycles. The Morgan fingerprint density at radius 2 is 2.00 bits per heavy atom. The molecule has 1 fully saturated rings. The molecule has 7 nitrogen and oxygen atoms in total. The zero-order valence-electron chi connectivity index (χ0n) is 15.3. The first kappa shape index (κ1) is 18.3. The molecule has 8 heteroatoms. The topological polar surface area (TPSA) is 66.9 Å². The first-order valence-electron chi connectivity index (χ1n) is 8.54. The van der Waals surface area contributed by atoms with Crippen LogP contribution in [0.3, 0.4) is 0 Å². The average molecular weight is 376 g/mol. The monoisotopic (exact) mass is 376 g/mol. The third-order valence-corrected chi connectivity index (χ3v) is 5.34. The maximum atomic E-state index is 12.6. The number of methoxy groups -OCH3 is 2. The van der Waals surface area contributed by atoms with Crippen LogP contribution in [-0.2, 0) is 0 Å². The van der Waals surface area contributed by atoms with E-state index in [1.165, 1.54) is 0 Å². The van der Waals surface area contributed by atoms with Crippen LogP contribution in [0.5, 0.6) is 11.5 Å². The van der Waals surface area contributed by atoms with Crippen LogP contribution < -0.4 is 19.7 Å². The van der Waals surface area contributed by atoms with Crippen molar-refractivity contribution in [2.45, 2.75) is 13.0 Å². The minimum Gasteiger partial charge on any atom is -0.497 e. The van der Waals surface area contributed by atoms with Crippen molar-refractivity contribution in [3.63, 3.8) is 0 Å². The number of carbonyl (C=O) groups excluding carboxylic acids is 1. The number of benzene rings is 1. The van der Waals surface area contributed by atoms with Crippen molar-refractivity contribution in [3.8, 4) is 11.5 Å². The van der Waals surface area contributed by atoms with E-state index in [9.17, 15) is 4.79 Å². The summed E-state index contributed by atoms with van der Waals surface area (Å²) in [4.78, 5) is 21.0. The Kier molecular flexibility index (Phi) is 5.82. The second-order valence-corrected chi connectivity index (χ2v) is 6.94. The first-order valence-corrected chi connectivity index (χ1v) is 9.42. The maximum Gasteiger partial charge on any atom is 0.317 e. The molecule has 0 saturated carbocycles. The summed E-state index contributed by atoms with van der Waals surface area (Å²) in [6, 6.07) is 5.38. The van der Waals surface area contributed by atoms with Crippen LogP contribution >= 0.6 is 11.3 Å². The van der Waals surface area contributed by atoms with E-state index in [2.05, 4.69) is 15.2 Å². The van der Waals surface area contributed by atoms with Gasteiger partial charge in [0, 0.05) is 49.4 Å². The Balaban J connectivity index is 1.58. The van der Waals surface area contributed by atoms with Crippen molar-refractivity contribution < 1.29 is 14.3 Å². The predicted molar refractivity (Wildman–Crippen MR) is 102 cm³/mol. The van der Waals surface area contributed by atoms with Gasteiger partial charge in [-0.1, -0.05) is 0 Å². The molecule has 1 N–H and O–H groups in total. The van der Waals surface area contributed by atoms with E-state index in [4.69, 9.17) is 9.47 Å². The normalized spacial score (nSPS) is 15.5. The molecule has 1 aromatic heterocycles. The number of anilines is 1. The van der Waals surface area contributed by atoms with Gasteiger partial charge in [-0.05, 0) is 19.1 Å². The zero-order chi connectivity index (χ0) is 18.5. The predicted octanol–water partition coefficient (Wildman–Crippen LogP) is 2.75. The Hall–Kier alpha value is -2.48. The number of nitrogens with one attached hydrogen (secondary N) is 1. The lowest BCUT2D eigenvalue weighted by Gasteiger charge is -2.35. The van der Waals surface area contributed by atoms with E-state index in [1.807, 2.05) is 41.6 Å². The van der Waals surface area contributed by atoms with Gasteiger partial charge in [0.05, 0.1) is 20.3 Å². The minimum atomic E-state index is -0.166. The van der Waals surface area contributed by atoms with Gasteiger partial charge in [-0.25, -0.2) is 9.78 Å². The number of hydrogen-bond donors (Lipinski definition) is 1. The number of amides is 2. The molecule has 0 spiro atoms. The van der Waals surface area contributed by atoms with Crippen molar-refractivity contribution in [2.75, 3.05) is 45.3 Å². The molecular weight excluding hydrogens is 352 g/mol. The smallest absolute Gasteiger partial charge is 0.317 e. The van der Waals surface area contributed by atoms with Crippen molar-refractivity contribution in [2.24, 2.45) is 0 Å². The van der Waals surface area contributed by atoms with Gasteiger partial charge in [0.2, 0.25) is 0 Å². The number of hydrogen-bond acceptors (Lipinski definition) is 6. The third kappa shape index (κ3) is 4.01. The van der Waals surface area contributed by atoms with E-state index in [0.29, 0.717) is 18.8 Å². The van der Waals surface area contributed by atoms with Gasteiger partial charge in [0.25, 0.3) is 0 Å². The summed E-state index contributed by atoms with van der Waals surface area (Å²) in [5.41, 5.74) is 0.920. The SMILES string of the molecule is COc1ccc([C@@H](C)NC(=O)N2CCN(c3nccs3)CC2)c(OC)c1. The second-order valence-electron chi connectivity index (χ2n) is 6.07. The standard InChI is InChI=1S/C18H24N4O3S/c1-13(15-5-4-14(24-2)12-16(15)25-3)20-17(23)21-7-9-22(10-8-21)18-19-6-11-26-18/h4-6,11-13H,7-10H2,1-3H3,(H,20,23)/t13-/m1/s1. The van der Waals surface area contributed by atoms with Crippen LogP contribution in [0.4, 0.5) is 9.93 Å². The number of ether oxygens (including phenoxy) is 2. The largest absolute Gasteiger partial charge is 0.497 e. The van der Waals surface area contributed by atoms with Crippen LogP contribution in [0.1, 0.15) is 18.5 Å². The maximum absolute atomic E-state index is 12.6. The number of nitrogens with zero attached hydrogens (tertiary/aromatic N) is 3. The van der Waals surface area contributed by atoms with Crippen molar-refractivity contribution in [1.82, 2.24) is 15.2 Å². The number of aromatic nitrogens is 1. The highest BCUT2D eigenvalue weighted by atomic mass is 32.1. The highest BCUT2D eigenvalue weighted by molar-refractivity contribution is 7.13. The van der Waals surface area contributed by atoms with E-state index in [-0.39, 0.29) is 12.1 Å². The lowest BCUT2D eigenvalue weighted by atomic mass is 10.1. The minimum absolute atomic E-state index is 0.0610. The van der Waals surface area contributed by atoms with Crippen LogP contribution in [0.15, 0.2) is 29.8 Å². The fourth-order valence-corrected chi connectivity index (χ4v) is 3.70. The van der Waals surface area contributed by atoms with E-state index < -0.39 is 0 Å². The van der Waals surface area contributed by atoms with E-state index in [0.717, 1.165) is 29.5 Å². The summed E-state index contributed by atoms with van der Waals surface area (Å²) in [6.45, 7) is 4.89. The van der Waals surface area contributed by atoms with Crippen LogP contribution in [0, 0.1) is 0 Å². The number of carbonyl (C=O) groups is 1. The average Bonchev–Trinajstić information content (AvgIpc) is 3.22. The van der Waals surface area contributed by atoms with Crippen LogP contribution in [0.2, 0.25) is 0 Å². The molecule has 0 unspecified atom stereocenters. The van der Waals surface area contributed by atoms with Crippen LogP contribution in [-0.4, -0.2) is 56.3 Å². The zero-order valence-corrected chi connectivity index (χ0v) is 16.1. The van der Waals surface area contributed by atoms with Gasteiger partial charge in [0.1, 0.15) is 11.5 Å². The molecule has 0 bridgehead atoms. The second kappa shape index (κ2) is 8.27. The number of urea groups is 1. The van der Waals surface area contributed by atoms with Crippen LogP contribution in [0.25, 0.3) is 0 Å². The quantitative estimate of drug-likeness (QED) is 0.869. The van der Waals surface area contributed by atoms with Crippen molar-refractivity contribution in [1.29, 1.82) is 0 Å². The lowest BCUT2D eigenvalue weighted by molar-refractivity contribution is 0.191. The molecule has 1 aliphatic heterocycles. The number of piperazine rings is 1. The van der Waals surface area contributed by atoms with Gasteiger partial charge >= 0.3 is 6.03 Å². The Morgan fingerprint density at radius 3 is 2.62 bits per heavy atom. The Bertz CT molecular complexity index is 730. The van der Waals surface area contributed by atoms with E-state index >= 15 is 0 Å². The Labute approximate surface area is 157 Å². The highest BCUT2D eigenvalue weighted by Crippen LogP contribution is 2.29. The molecule has 2 amide bonds. The molecule has 2 heterocycles. The number of thiazole rings is 1. The molecule has 3 rings (SSSR count). The van der Waals surface area contributed by atoms with Crippen molar-refractivity contribution >= 4 is 22.5 Å². The van der Waals surface area contributed by atoms with Gasteiger partial charge in [-0.3, -0.25) is 0 Å². The summed E-state index contributed by atoms with van der Waals surface area (Å²) < 4.78 is 10.7. The molecule has 0 radical (unpaired) electrons. The van der Waals surface area contributed by atoms with Gasteiger partial charge in [-0.2, -0.15) is 0 Å². The summed E-state index contributed by atoms with van der Waals surface area (Å²) in [5, 5.41) is 6.05. The third-order valence-electron chi connectivity index (χ3n) is 4.50. The van der Waals surface area contributed by atoms with E-state index in [1.54, 1.807) is 25.6 Å². The summed E-state index contributed by atoms with van der Waals surface area (Å²) in [5.74, 6) is 1.42. The summed E-state index contributed by atoms with van der Waals surface area (Å²) in [7, 11) is 3.23. The molecule has 1 aromatic carbocycles. The molecule has 1 saturated heterocycles. The summed E-state index contributed by atoms with van der Waals surface area (Å²) in [6.07, 6.45) is 1.81. The molecule has 26 heavy (non-hydrogen) atoms. The molecule has 140 valence electrons. The van der Waals surface area contributed by atoms with Gasteiger partial charge in [0.15, 0.2) is 5.13 Å². The molecule has 2 aromatic rings. The summed E-state index contributed by atoms with van der Waals surface area (Å²) >= 11 is 1.63. The molecule has 1 aliphatic rings. The molecular formula is C18H24N4O3S. The Morgan fingerprint density at radius 1 is 1.23 bits per heavy atom. The number of rotatable bonds is 5. The lowest BCUT2D eigenvalue weighted by Crippen LogP contribution is -2.52. The van der Waals surface area contributed by atoms with Gasteiger partial charge in [-0.15, -0.1) is 11.3 Å². The van der Waals surface area contributed by atoms with Gasteiger partial charge < -0.3 is 24.6 Å². The highest BCUT2D eigenvalue weighted by Gasteiger charge is 2.24. The molecule has 1 atom stereocenters. The fraction of sp³-hybridized carbons (Fsp3) is 0.444. The fourth-order valence-electron chi connectivity index (χ4n) is 3.00. The van der Waals surface area contributed by atoms with Crippen molar-refractivity contribution in [3.05, 3.63) is 35.3 Å². The first-order chi connectivity index (χ1) is 12.6.